The zero-order valence-electron chi connectivity index (χ0n) is 16.8. The maximum Gasteiger partial charge on any atom is 0.240 e. The Hall–Kier alpha value is -2.90. The normalized spacial score (nSPS) is 13.8. The first kappa shape index (κ1) is 20.4. The SMILES string of the molecule is CC(=O)N1CCCc2cc(S(=O)(=O)NCCOc3cccc4ccccc34)ccc21. The summed E-state index contributed by atoms with van der Waals surface area (Å²) in [5.41, 5.74) is 1.68. The molecule has 1 amide bonds. The number of fused-ring (bicyclic) bond motifs is 2. The lowest BCUT2D eigenvalue weighted by Gasteiger charge is -2.28. The molecule has 0 saturated heterocycles. The Morgan fingerprint density at radius 1 is 1.10 bits per heavy atom. The summed E-state index contributed by atoms with van der Waals surface area (Å²) < 4.78 is 33.8. The van der Waals surface area contributed by atoms with Crippen molar-refractivity contribution in [3.05, 3.63) is 66.2 Å². The molecule has 0 aliphatic carbocycles. The van der Waals surface area contributed by atoms with Crippen molar-refractivity contribution in [2.45, 2.75) is 24.7 Å². The number of nitrogens with zero attached hydrogens (tertiary/aromatic N) is 1. The molecule has 0 spiro atoms. The zero-order valence-corrected chi connectivity index (χ0v) is 17.6. The van der Waals surface area contributed by atoms with Crippen LogP contribution in [0.1, 0.15) is 18.9 Å². The lowest BCUT2D eigenvalue weighted by Crippen LogP contribution is -2.34. The van der Waals surface area contributed by atoms with E-state index in [0.717, 1.165) is 40.6 Å². The van der Waals surface area contributed by atoms with Gasteiger partial charge in [-0.25, -0.2) is 13.1 Å². The van der Waals surface area contributed by atoms with Gasteiger partial charge >= 0.3 is 0 Å². The van der Waals surface area contributed by atoms with Gasteiger partial charge in [-0.05, 0) is 48.1 Å². The van der Waals surface area contributed by atoms with E-state index in [1.807, 2.05) is 42.5 Å². The average Bonchev–Trinajstić information content (AvgIpc) is 2.76. The molecule has 1 aliphatic heterocycles. The summed E-state index contributed by atoms with van der Waals surface area (Å²) >= 11 is 0. The van der Waals surface area contributed by atoms with Gasteiger partial charge in [-0.15, -0.1) is 0 Å². The van der Waals surface area contributed by atoms with Gasteiger partial charge < -0.3 is 9.64 Å². The van der Waals surface area contributed by atoms with Crippen molar-refractivity contribution in [3.63, 3.8) is 0 Å². The number of ether oxygens (including phenoxy) is 1. The van der Waals surface area contributed by atoms with Crippen molar-refractivity contribution < 1.29 is 17.9 Å². The summed E-state index contributed by atoms with van der Waals surface area (Å²) in [5, 5.41) is 2.07. The van der Waals surface area contributed by atoms with Crippen LogP contribution in [-0.4, -0.2) is 34.0 Å². The van der Waals surface area contributed by atoms with Crippen molar-refractivity contribution >= 4 is 32.4 Å². The van der Waals surface area contributed by atoms with Crippen molar-refractivity contribution in [2.75, 3.05) is 24.6 Å². The quantitative estimate of drug-likeness (QED) is 0.615. The minimum atomic E-state index is -3.66. The van der Waals surface area contributed by atoms with Crippen LogP contribution in [-0.2, 0) is 21.2 Å². The van der Waals surface area contributed by atoms with Crippen molar-refractivity contribution in [1.82, 2.24) is 4.72 Å². The second-order valence-electron chi connectivity index (χ2n) is 7.29. The molecule has 0 unspecified atom stereocenters. The first-order valence-corrected chi connectivity index (χ1v) is 11.5. The third kappa shape index (κ3) is 4.17. The van der Waals surface area contributed by atoms with Crippen molar-refractivity contribution in [2.24, 2.45) is 0 Å². The number of amides is 1. The predicted molar refractivity (Wildman–Crippen MR) is 117 cm³/mol. The minimum Gasteiger partial charge on any atom is -0.492 e. The largest absolute Gasteiger partial charge is 0.492 e. The Balaban J connectivity index is 1.42. The number of anilines is 1. The molecular formula is C23H24N2O4S. The molecular weight excluding hydrogens is 400 g/mol. The Labute approximate surface area is 176 Å². The molecule has 4 rings (SSSR count). The summed E-state index contributed by atoms with van der Waals surface area (Å²) in [5.74, 6) is 0.695. The van der Waals surface area contributed by atoms with E-state index in [-0.39, 0.29) is 24.0 Å². The maximum atomic E-state index is 12.7. The number of aryl methyl sites for hydroxylation is 1. The van der Waals surface area contributed by atoms with Crippen LogP contribution < -0.4 is 14.4 Å². The number of nitrogens with one attached hydrogen (secondary N) is 1. The van der Waals surface area contributed by atoms with Crippen LogP contribution in [0.15, 0.2) is 65.6 Å². The molecule has 1 N–H and O–H groups in total. The fraction of sp³-hybridized carbons (Fsp3) is 0.261. The van der Waals surface area contributed by atoms with Gasteiger partial charge in [0.25, 0.3) is 0 Å². The number of sulfonamides is 1. The summed E-state index contributed by atoms with van der Waals surface area (Å²) in [6, 6.07) is 18.6. The van der Waals surface area contributed by atoms with Gasteiger partial charge in [-0.3, -0.25) is 4.79 Å². The Morgan fingerprint density at radius 3 is 2.73 bits per heavy atom. The smallest absolute Gasteiger partial charge is 0.240 e. The Kier molecular flexibility index (Phi) is 5.74. The summed E-state index contributed by atoms with van der Waals surface area (Å²) in [6.45, 7) is 2.56. The van der Waals surface area contributed by atoms with E-state index in [1.54, 1.807) is 23.1 Å². The van der Waals surface area contributed by atoms with E-state index >= 15 is 0 Å². The fourth-order valence-electron chi connectivity index (χ4n) is 3.81. The molecule has 6 nitrogen and oxygen atoms in total. The van der Waals surface area contributed by atoms with E-state index < -0.39 is 10.0 Å². The van der Waals surface area contributed by atoms with Crippen LogP contribution in [0.2, 0.25) is 0 Å². The standard InChI is InChI=1S/C23H24N2O4S/c1-17(26)25-14-5-8-19-16-20(11-12-22(19)25)30(27,28)24-13-15-29-23-10-4-7-18-6-2-3-9-21(18)23/h2-4,6-7,9-12,16,24H,5,8,13-15H2,1H3. The van der Waals surface area contributed by atoms with Crippen LogP contribution >= 0.6 is 0 Å². The monoisotopic (exact) mass is 424 g/mol. The van der Waals surface area contributed by atoms with Crippen molar-refractivity contribution in [3.8, 4) is 5.75 Å². The summed E-state index contributed by atoms with van der Waals surface area (Å²) in [4.78, 5) is 13.7. The first-order valence-electron chi connectivity index (χ1n) is 9.97. The third-order valence-electron chi connectivity index (χ3n) is 5.26. The summed E-state index contributed by atoms with van der Waals surface area (Å²) in [7, 11) is -3.66. The third-order valence-corrected chi connectivity index (χ3v) is 6.72. The second kappa shape index (κ2) is 8.45. The minimum absolute atomic E-state index is 0.0322. The highest BCUT2D eigenvalue weighted by atomic mass is 32.2. The molecule has 1 heterocycles. The highest BCUT2D eigenvalue weighted by molar-refractivity contribution is 7.89. The number of rotatable bonds is 6. The van der Waals surface area contributed by atoms with Gasteiger partial charge in [0.2, 0.25) is 15.9 Å². The molecule has 3 aromatic rings. The fourth-order valence-corrected chi connectivity index (χ4v) is 4.87. The van der Waals surface area contributed by atoms with Gasteiger partial charge in [-0.1, -0.05) is 36.4 Å². The van der Waals surface area contributed by atoms with Crippen LogP contribution in [0.3, 0.4) is 0 Å². The van der Waals surface area contributed by atoms with Crippen LogP contribution in [0, 0.1) is 0 Å². The topological polar surface area (TPSA) is 75.7 Å². The molecule has 30 heavy (non-hydrogen) atoms. The first-order chi connectivity index (χ1) is 14.5. The highest BCUT2D eigenvalue weighted by Gasteiger charge is 2.22. The number of benzene rings is 3. The highest BCUT2D eigenvalue weighted by Crippen LogP contribution is 2.29. The Morgan fingerprint density at radius 2 is 1.90 bits per heavy atom. The molecule has 0 bridgehead atoms. The van der Waals surface area contributed by atoms with Gasteiger partial charge in [-0.2, -0.15) is 0 Å². The summed E-state index contributed by atoms with van der Waals surface area (Å²) in [6.07, 6.45) is 1.58. The van der Waals surface area contributed by atoms with E-state index in [2.05, 4.69) is 4.72 Å². The average molecular weight is 425 g/mol. The van der Waals surface area contributed by atoms with Crippen LogP contribution in [0.25, 0.3) is 10.8 Å². The molecule has 0 fully saturated rings. The molecule has 7 heteroatoms. The molecule has 3 aromatic carbocycles. The number of hydrogen-bond donors (Lipinski definition) is 1. The number of carbonyl (C=O) groups excluding carboxylic acids is 1. The molecule has 0 saturated carbocycles. The van der Waals surface area contributed by atoms with E-state index in [0.29, 0.717) is 6.54 Å². The van der Waals surface area contributed by atoms with Gasteiger partial charge in [0.05, 0.1) is 4.90 Å². The van der Waals surface area contributed by atoms with Crippen LogP contribution in [0.4, 0.5) is 5.69 Å². The van der Waals surface area contributed by atoms with E-state index in [1.165, 1.54) is 6.92 Å². The maximum absolute atomic E-state index is 12.7. The molecule has 0 aromatic heterocycles. The molecule has 0 radical (unpaired) electrons. The zero-order chi connectivity index (χ0) is 21.1. The second-order valence-corrected chi connectivity index (χ2v) is 9.06. The molecule has 1 aliphatic rings. The van der Waals surface area contributed by atoms with Crippen molar-refractivity contribution in [1.29, 1.82) is 0 Å². The van der Waals surface area contributed by atoms with Crippen LogP contribution in [0.5, 0.6) is 5.75 Å². The molecule has 156 valence electrons. The van der Waals surface area contributed by atoms with Gasteiger partial charge in [0.15, 0.2) is 0 Å². The Bertz CT molecular complexity index is 1190. The van der Waals surface area contributed by atoms with E-state index in [4.69, 9.17) is 4.74 Å². The lowest BCUT2D eigenvalue weighted by atomic mass is 10.0. The van der Waals surface area contributed by atoms with Gasteiger partial charge in [0, 0.05) is 31.1 Å². The predicted octanol–water partition coefficient (Wildman–Crippen LogP) is 3.50. The number of hydrogen-bond acceptors (Lipinski definition) is 4. The van der Waals surface area contributed by atoms with Gasteiger partial charge in [0.1, 0.15) is 12.4 Å². The van der Waals surface area contributed by atoms with E-state index in [9.17, 15) is 13.2 Å². The molecule has 0 atom stereocenters. The lowest BCUT2D eigenvalue weighted by molar-refractivity contribution is -0.116. The number of carbonyl (C=O) groups is 1.